The van der Waals surface area contributed by atoms with Crippen molar-refractivity contribution in [2.45, 2.75) is 45.6 Å². The van der Waals surface area contributed by atoms with Gasteiger partial charge in [0, 0.05) is 31.5 Å². The van der Waals surface area contributed by atoms with Crippen LogP contribution in [0.25, 0.3) is 0 Å². The predicted octanol–water partition coefficient (Wildman–Crippen LogP) is 5.24. The van der Waals surface area contributed by atoms with Crippen LogP contribution in [0.15, 0.2) is 60.9 Å². The Morgan fingerprint density at radius 3 is 2.26 bits per heavy atom. The van der Waals surface area contributed by atoms with Gasteiger partial charge in [0.05, 0.1) is 11.3 Å². The highest BCUT2D eigenvalue weighted by Crippen LogP contribution is 2.55. The minimum Gasteiger partial charge on any atom is -0.457 e. The van der Waals surface area contributed by atoms with Crippen molar-refractivity contribution in [1.29, 1.82) is 5.41 Å². The van der Waals surface area contributed by atoms with E-state index in [0.29, 0.717) is 41.3 Å². The van der Waals surface area contributed by atoms with Crippen molar-refractivity contribution in [2.24, 2.45) is 5.41 Å². The predicted molar refractivity (Wildman–Crippen MR) is 135 cm³/mol. The first kappa shape index (κ1) is 23.4. The molecule has 5 rings (SSSR count). The summed E-state index contributed by atoms with van der Waals surface area (Å²) in [6, 6.07) is 17.2. The van der Waals surface area contributed by atoms with Crippen molar-refractivity contribution in [2.75, 3.05) is 17.7 Å². The van der Waals surface area contributed by atoms with Gasteiger partial charge in [-0.2, -0.15) is 0 Å². The van der Waals surface area contributed by atoms with E-state index in [0.717, 1.165) is 18.6 Å². The topological polar surface area (TPSA) is 105 Å². The number of aromatic nitrogens is 2. The molecule has 0 aliphatic heterocycles. The monoisotopic (exact) mass is 457 g/mol. The average molecular weight is 458 g/mol. The van der Waals surface area contributed by atoms with E-state index in [-0.39, 0.29) is 23.0 Å². The van der Waals surface area contributed by atoms with Crippen LogP contribution in [0.1, 0.15) is 50.7 Å². The molecule has 3 N–H and O–H groups in total. The summed E-state index contributed by atoms with van der Waals surface area (Å²) in [5.74, 6) is 2.74. The van der Waals surface area contributed by atoms with E-state index in [1.807, 2.05) is 75.5 Å². The number of hydrogen-bond donors (Lipinski definition) is 2. The molecule has 34 heavy (non-hydrogen) atoms. The van der Waals surface area contributed by atoms with Gasteiger partial charge in [0.15, 0.2) is 0 Å². The second kappa shape index (κ2) is 9.63. The van der Waals surface area contributed by atoms with Gasteiger partial charge in [0.2, 0.25) is 0 Å². The van der Waals surface area contributed by atoms with Gasteiger partial charge in [-0.3, -0.25) is 10.2 Å². The largest absolute Gasteiger partial charge is 0.457 e. The minimum absolute atomic E-state index is 0.191. The molecule has 0 saturated heterocycles. The Hall–Kier alpha value is -3.74. The number of rotatable bonds is 6. The molecule has 7 nitrogen and oxygen atoms in total. The number of ether oxygens (including phenoxy) is 1. The average Bonchev–Trinajstić information content (AvgIpc) is 2.82. The first-order valence-corrected chi connectivity index (χ1v) is 11.7. The maximum atomic E-state index is 11.4. The van der Waals surface area contributed by atoms with Crippen molar-refractivity contribution in [3.05, 3.63) is 72.1 Å². The van der Waals surface area contributed by atoms with Gasteiger partial charge >= 0.3 is 0 Å². The number of nitrogen functional groups attached to an aromatic ring is 1. The molecular weight excluding hydrogens is 426 g/mol. The zero-order valence-electron chi connectivity index (χ0n) is 19.9. The molecule has 0 amide bonds. The lowest BCUT2D eigenvalue weighted by molar-refractivity contribution is -0.139. The van der Waals surface area contributed by atoms with E-state index in [9.17, 15) is 4.79 Å². The molecule has 176 valence electrons. The van der Waals surface area contributed by atoms with E-state index in [1.165, 1.54) is 6.33 Å². The van der Waals surface area contributed by atoms with Gasteiger partial charge in [-0.1, -0.05) is 32.0 Å². The Labute approximate surface area is 200 Å². The Bertz CT molecular complexity index is 1160. The fraction of sp³-hybridized carbons (Fsp3) is 0.333. The number of nitrogens with one attached hydrogen (secondary N) is 1. The first-order valence-electron chi connectivity index (χ1n) is 11.7. The first-order chi connectivity index (χ1) is 16.4. The van der Waals surface area contributed by atoms with Crippen LogP contribution in [-0.4, -0.2) is 34.6 Å². The molecule has 0 bridgehead atoms. The van der Waals surface area contributed by atoms with Gasteiger partial charge in [-0.25, -0.2) is 9.97 Å². The second-order valence-corrected chi connectivity index (χ2v) is 8.84. The Morgan fingerprint density at radius 2 is 1.65 bits per heavy atom. The molecule has 2 saturated carbocycles. The maximum absolute atomic E-state index is 11.4. The summed E-state index contributed by atoms with van der Waals surface area (Å²) in [6.45, 7) is 4.00. The summed E-state index contributed by atoms with van der Waals surface area (Å²) in [7, 11) is 1.98. The number of anilines is 2. The van der Waals surface area contributed by atoms with Gasteiger partial charge in [0.25, 0.3) is 0 Å². The van der Waals surface area contributed by atoms with E-state index < -0.39 is 0 Å². The van der Waals surface area contributed by atoms with Gasteiger partial charge in [-0.15, -0.1) is 0 Å². The van der Waals surface area contributed by atoms with Crippen LogP contribution < -0.4 is 15.4 Å². The summed E-state index contributed by atoms with van der Waals surface area (Å²) in [6.07, 6.45) is 4.78. The smallest absolute Gasteiger partial charge is 0.143 e. The van der Waals surface area contributed by atoms with Crippen LogP contribution >= 0.6 is 0 Å². The fourth-order valence-electron chi connectivity index (χ4n) is 4.82. The molecule has 1 aromatic heterocycles. The van der Waals surface area contributed by atoms with Crippen molar-refractivity contribution >= 4 is 23.1 Å². The SMILES string of the molecule is CC.CN(c1ncnc(N)c1C(=N)c1ccc(Oc2ccccc2)cc1)C1CC2(CC(=O)C2)C1. The maximum Gasteiger partial charge on any atom is 0.143 e. The molecule has 1 spiro atoms. The quantitative estimate of drug-likeness (QED) is 0.490. The van der Waals surface area contributed by atoms with Crippen LogP contribution in [0.4, 0.5) is 11.6 Å². The highest BCUT2D eigenvalue weighted by molar-refractivity contribution is 6.16. The number of nitrogens with zero attached hydrogens (tertiary/aromatic N) is 3. The van der Waals surface area contributed by atoms with Crippen LogP contribution in [0.2, 0.25) is 0 Å². The number of benzene rings is 2. The lowest BCUT2D eigenvalue weighted by atomic mass is 9.53. The number of para-hydroxylation sites is 1. The Kier molecular flexibility index (Phi) is 6.63. The number of carbonyl (C=O) groups excluding carboxylic acids is 1. The Balaban J connectivity index is 0.00000133. The van der Waals surface area contributed by atoms with E-state index in [4.69, 9.17) is 15.9 Å². The molecule has 1 heterocycles. The third-order valence-corrected chi connectivity index (χ3v) is 6.59. The minimum atomic E-state index is 0.191. The Morgan fingerprint density at radius 1 is 1.03 bits per heavy atom. The number of nitrogens with two attached hydrogens (primary N) is 1. The number of hydrogen-bond acceptors (Lipinski definition) is 7. The molecule has 2 fully saturated rings. The van der Waals surface area contributed by atoms with Crippen LogP contribution in [0.5, 0.6) is 11.5 Å². The zero-order valence-corrected chi connectivity index (χ0v) is 19.9. The van der Waals surface area contributed by atoms with Crippen molar-refractivity contribution in [1.82, 2.24) is 9.97 Å². The molecule has 3 aromatic rings. The summed E-state index contributed by atoms with van der Waals surface area (Å²) in [5, 5.41) is 8.83. The normalized spacial score (nSPS) is 16.0. The van der Waals surface area contributed by atoms with E-state index in [1.54, 1.807) is 0 Å². The highest BCUT2D eigenvalue weighted by atomic mass is 16.5. The van der Waals surface area contributed by atoms with Gasteiger partial charge in [-0.05, 0) is 54.7 Å². The summed E-state index contributed by atoms with van der Waals surface area (Å²) < 4.78 is 5.85. The third kappa shape index (κ3) is 4.51. The lowest BCUT2D eigenvalue weighted by Gasteiger charge is -2.55. The van der Waals surface area contributed by atoms with E-state index in [2.05, 4.69) is 14.9 Å². The molecule has 2 aliphatic carbocycles. The highest BCUT2D eigenvalue weighted by Gasteiger charge is 2.54. The van der Waals surface area contributed by atoms with Gasteiger partial charge in [0.1, 0.15) is 35.2 Å². The third-order valence-electron chi connectivity index (χ3n) is 6.59. The number of carbonyl (C=O) groups is 1. The molecule has 2 aromatic carbocycles. The molecule has 0 radical (unpaired) electrons. The van der Waals surface area contributed by atoms with Crippen molar-refractivity contribution < 1.29 is 9.53 Å². The molecule has 2 aliphatic rings. The summed E-state index contributed by atoms with van der Waals surface area (Å²) in [5.41, 5.74) is 7.90. The summed E-state index contributed by atoms with van der Waals surface area (Å²) >= 11 is 0. The van der Waals surface area contributed by atoms with Crippen LogP contribution in [-0.2, 0) is 4.79 Å². The number of Topliss-reactive ketones (excluding diaryl/α,β-unsaturated/α-hetero) is 1. The zero-order chi connectivity index (χ0) is 24.3. The fourth-order valence-corrected chi connectivity index (χ4v) is 4.82. The molecule has 7 heteroatoms. The summed E-state index contributed by atoms with van der Waals surface area (Å²) in [4.78, 5) is 22.1. The molecule has 0 unspecified atom stereocenters. The van der Waals surface area contributed by atoms with Crippen molar-refractivity contribution in [3.8, 4) is 11.5 Å². The second-order valence-electron chi connectivity index (χ2n) is 8.84. The molecule has 0 atom stereocenters. The van der Waals surface area contributed by atoms with Gasteiger partial charge < -0.3 is 15.4 Å². The molecular formula is C27H31N5O2. The van der Waals surface area contributed by atoms with Crippen LogP contribution in [0, 0.1) is 10.8 Å². The number of ketones is 1. The lowest BCUT2D eigenvalue weighted by Crippen LogP contribution is -2.56. The van der Waals surface area contributed by atoms with Crippen LogP contribution in [0.3, 0.4) is 0 Å². The standard InChI is InChI=1S/C25H25N5O2.C2H6/c1-30(17-11-25(12-17)13-18(31)14-25)24-21(23(27)28-15-29-24)22(26)16-7-9-20(10-8-16)32-19-5-3-2-4-6-19;1-2/h2-10,15,17,26H,11-14H2,1H3,(H2,27,28,29);1-2H3. The van der Waals surface area contributed by atoms with Crippen molar-refractivity contribution in [3.63, 3.8) is 0 Å². The van der Waals surface area contributed by atoms with E-state index >= 15 is 0 Å².